The second kappa shape index (κ2) is 13.1. The molecule has 0 saturated heterocycles. The van der Waals surface area contributed by atoms with Gasteiger partial charge in [0.25, 0.3) is 0 Å². The van der Waals surface area contributed by atoms with Crippen molar-refractivity contribution in [1.82, 2.24) is 15.0 Å². The average molecular weight is 660 g/mol. The number of rotatable bonds is 7. The van der Waals surface area contributed by atoms with Crippen LogP contribution in [0, 0.1) is 0 Å². The number of nitrogens with zero attached hydrogens (tertiary/aromatic N) is 3. The van der Waals surface area contributed by atoms with Crippen LogP contribution in [0.3, 0.4) is 0 Å². The third kappa shape index (κ3) is 6.29. The van der Waals surface area contributed by atoms with Crippen molar-refractivity contribution in [1.29, 1.82) is 0 Å². The number of fused-ring (bicyclic) bond motifs is 1. The molecule has 0 bridgehead atoms. The highest BCUT2D eigenvalue weighted by atomic mass is 28.3. The summed E-state index contributed by atoms with van der Waals surface area (Å²) in [6.07, 6.45) is 0. The third-order valence-corrected chi connectivity index (χ3v) is 11.4. The smallest absolute Gasteiger partial charge is 0.164 e. The lowest BCUT2D eigenvalue weighted by atomic mass is 9.91. The molecule has 0 aliphatic rings. The van der Waals surface area contributed by atoms with E-state index in [0.717, 1.165) is 27.8 Å². The highest BCUT2D eigenvalue weighted by Crippen LogP contribution is 2.37. The predicted molar refractivity (Wildman–Crippen MR) is 213 cm³/mol. The molecule has 3 nitrogen and oxygen atoms in total. The molecule has 0 atom stereocenters. The van der Waals surface area contributed by atoms with Crippen molar-refractivity contribution in [2.24, 2.45) is 0 Å². The minimum atomic E-state index is -1.36. The lowest BCUT2D eigenvalue weighted by molar-refractivity contribution is 1.07. The predicted octanol–water partition coefficient (Wildman–Crippen LogP) is 11.6. The molecule has 0 saturated carbocycles. The monoisotopic (exact) mass is 659 g/mol. The summed E-state index contributed by atoms with van der Waals surface area (Å²) >= 11 is 0. The van der Waals surface area contributed by atoms with E-state index in [4.69, 9.17) is 15.0 Å². The van der Waals surface area contributed by atoms with E-state index in [-0.39, 0.29) is 0 Å². The van der Waals surface area contributed by atoms with E-state index in [2.05, 4.69) is 129 Å². The molecule has 0 aliphatic heterocycles. The van der Waals surface area contributed by atoms with Gasteiger partial charge in [0.1, 0.15) is 0 Å². The van der Waals surface area contributed by atoms with Gasteiger partial charge in [-0.15, -0.1) is 0 Å². The Kier molecular flexibility index (Phi) is 8.23. The highest BCUT2D eigenvalue weighted by Gasteiger charge is 2.17. The van der Waals surface area contributed by atoms with Crippen LogP contribution < -0.4 is 5.19 Å². The summed E-state index contributed by atoms with van der Waals surface area (Å²) in [7, 11) is -1.36. The van der Waals surface area contributed by atoms with E-state index < -0.39 is 8.07 Å². The first-order valence-electron chi connectivity index (χ1n) is 17.1. The van der Waals surface area contributed by atoms with Crippen LogP contribution in [0.1, 0.15) is 0 Å². The first-order chi connectivity index (χ1) is 24.4. The van der Waals surface area contributed by atoms with E-state index in [9.17, 15) is 0 Å². The third-order valence-electron chi connectivity index (χ3n) is 9.31. The van der Waals surface area contributed by atoms with Crippen LogP contribution in [0.2, 0.25) is 19.6 Å². The zero-order valence-corrected chi connectivity index (χ0v) is 29.5. The van der Waals surface area contributed by atoms with Crippen molar-refractivity contribution in [2.75, 3.05) is 0 Å². The van der Waals surface area contributed by atoms with Crippen molar-refractivity contribution in [3.05, 3.63) is 170 Å². The molecule has 240 valence electrons. The quantitative estimate of drug-likeness (QED) is 0.160. The van der Waals surface area contributed by atoms with E-state index in [1.807, 2.05) is 60.7 Å². The molecule has 0 amide bonds. The molecule has 0 radical (unpaired) electrons. The van der Waals surface area contributed by atoms with Crippen LogP contribution in [0.5, 0.6) is 0 Å². The summed E-state index contributed by atoms with van der Waals surface area (Å²) in [5.74, 6) is 1.96. The molecule has 7 aromatic carbocycles. The van der Waals surface area contributed by atoms with Gasteiger partial charge < -0.3 is 0 Å². The molecular formula is C46H37N3Si. The minimum Gasteiger partial charge on any atom is -0.208 e. The Balaban J connectivity index is 1.18. The standard InChI is InChI=1S/C46H37N3Si/c1-50(2,3)39-26-24-32(25-27-39)40-28-29-41(43-23-11-10-22-42(40)43)37-20-12-18-35(30-37)36-19-13-21-38(31-36)46-48-44(33-14-6-4-7-15-33)47-45(49-46)34-16-8-5-9-17-34/h4-31H,1-3H3. The van der Waals surface area contributed by atoms with Crippen LogP contribution >= 0.6 is 0 Å². The van der Waals surface area contributed by atoms with Crippen LogP contribution in [0.4, 0.5) is 0 Å². The maximum absolute atomic E-state index is 4.96. The van der Waals surface area contributed by atoms with Gasteiger partial charge in [-0.05, 0) is 56.3 Å². The van der Waals surface area contributed by atoms with Gasteiger partial charge in [-0.25, -0.2) is 15.0 Å². The normalized spacial score (nSPS) is 11.5. The lowest BCUT2D eigenvalue weighted by Gasteiger charge is -2.17. The molecule has 0 spiro atoms. The Morgan fingerprint density at radius 3 is 1.24 bits per heavy atom. The second-order valence-electron chi connectivity index (χ2n) is 13.7. The molecule has 8 aromatic rings. The van der Waals surface area contributed by atoms with Gasteiger partial charge in [0.15, 0.2) is 17.5 Å². The molecule has 1 heterocycles. The van der Waals surface area contributed by atoms with Crippen molar-refractivity contribution >= 4 is 24.0 Å². The molecule has 0 N–H and O–H groups in total. The molecule has 50 heavy (non-hydrogen) atoms. The van der Waals surface area contributed by atoms with Gasteiger partial charge in [-0.1, -0.05) is 183 Å². The van der Waals surface area contributed by atoms with Gasteiger partial charge in [-0.2, -0.15) is 0 Å². The number of hydrogen-bond donors (Lipinski definition) is 0. The fourth-order valence-electron chi connectivity index (χ4n) is 6.59. The maximum atomic E-state index is 4.96. The summed E-state index contributed by atoms with van der Waals surface area (Å²) in [4.78, 5) is 14.8. The van der Waals surface area contributed by atoms with Crippen LogP contribution in [0.15, 0.2) is 170 Å². The van der Waals surface area contributed by atoms with Gasteiger partial charge in [-0.3, -0.25) is 0 Å². The second-order valence-corrected chi connectivity index (χ2v) is 18.8. The average Bonchev–Trinajstić information content (AvgIpc) is 3.18. The molecule has 4 heteroatoms. The maximum Gasteiger partial charge on any atom is 0.164 e. The summed E-state index contributed by atoms with van der Waals surface area (Å²) in [5, 5.41) is 3.99. The van der Waals surface area contributed by atoms with Crippen molar-refractivity contribution in [3.63, 3.8) is 0 Å². The molecule has 0 fully saturated rings. The van der Waals surface area contributed by atoms with E-state index in [0.29, 0.717) is 17.5 Å². The van der Waals surface area contributed by atoms with Gasteiger partial charge in [0, 0.05) is 16.7 Å². The summed E-state index contributed by atoms with van der Waals surface area (Å²) in [5.41, 5.74) is 10.0. The van der Waals surface area contributed by atoms with Crippen molar-refractivity contribution in [3.8, 4) is 67.5 Å². The molecule has 1 aromatic heterocycles. The lowest BCUT2D eigenvalue weighted by Crippen LogP contribution is -2.37. The molecule has 0 aliphatic carbocycles. The minimum absolute atomic E-state index is 0.648. The Morgan fingerprint density at radius 1 is 0.320 bits per heavy atom. The fourth-order valence-corrected chi connectivity index (χ4v) is 7.76. The zero-order chi connectivity index (χ0) is 34.1. The van der Waals surface area contributed by atoms with Gasteiger partial charge >= 0.3 is 0 Å². The first-order valence-corrected chi connectivity index (χ1v) is 20.6. The van der Waals surface area contributed by atoms with Crippen LogP contribution in [0.25, 0.3) is 78.3 Å². The Morgan fingerprint density at radius 2 is 0.720 bits per heavy atom. The SMILES string of the molecule is C[Si](C)(C)c1ccc(-c2ccc(-c3cccc(-c4cccc(-c5nc(-c6ccccc6)nc(-c6ccccc6)n5)c4)c3)c3ccccc23)cc1. The highest BCUT2D eigenvalue weighted by molar-refractivity contribution is 6.88. The van der Waals surface area contributed by atoms with Gasteiger partial charge in [0.05, 0.1) is 8.07 Å². The molecule has 8 rings (SSSR count). The summed E-state index contributed by atoms with van der Waals surface area (Å²) in [6, 6.07) is 60.1. The van der Waals surface area contributed by atoms with Crippen molar-refractivity contribution < 1.29 is 0 Å². The molecular weight excluding hydrogens is 623 g/mol. The Bertz CT molecular complexity index is 2390. The Labute approximate surface area is 295 Å². The number of hydrogen-bond acceptors (Lipinski definition) is 3. The van der Waals surface area contributed by atoms with Crippen LogP contribution in [-0.4, -0.2) is 23.0 Å². The van der Waals surface area contributed by atoms with Gasteiger partial charge in [0.2, 0.25) is 0 Å². The summed E-state index contributed by atoms with van der Waals surface area (Å²) < 4.78 is 0. The van der Waals surface area contributed by atoms with E-state index in [1.54, 1.807) is 0 Å². The number of benzene rings is 7. The topological polar surface area (TPSA) is 38.7 Å². The van der Waals surface area contributed by atoms with E-state index in [1.165, 1.54) is 38.2 Å². The molecule has 0 unspecified atom stereocenters. The van der Waals surface area contributed by atoms with E-state index >= 15 is 0 Å². The Hall–Kier alpha value is -5.97. The number of aromatic nitrogens is 3. The van der Waals surface area contributed by atoms with Crippen molar-refractivity contribution in [2.45, 2.75) is 19.6 Å². The zero-order valence-electron chi connectivity index (χ0n) is 28.5. The largest absolute Gasteiger partial charge is 0.208 e. The first kappa shape index (κ1) is 31.3. The fraction of sp³-hybridized carbons (Fsp3) is 0.0652. The summed E-state index contributed by atoms with van der Waals surface area (Å²) in [6.45, 7) is 7.19. The van der Waals surface area contributed by atoms with Crippen LogP contribution in [-0.2, 0) is 0 Å².